The van der Waals surface area contributed by atoms with Crippen molar-refractivity contribution in [2.45, 2.75) is 12.8 Å². The lowest BCUT2D eigenvalue weighted by Gasteiger charge is -2.21. The van der Waals surface area contributed by atoms with Gasteiger partial charge in [0.2, 0.25) is 5.91 Å². The number of hydrogen-bond donors (Lipinski definition) is 0. The molecule has 0 saturated carbocycles. The van der Waals surface area contributed by atoms with E-state index in [-0.39, 0.29) is 0 Å². The maximum absolute atomic E-state index is 12.3. The molecule has 1 aromatic rings. The summed E-state index contributed by atoms with van der Waals surface area (Å²) in [6.45, 7) is -0.690. The number of rotatable bonds is 4. The second-order valence-corrected chi connectivity index (χ2v) is 3.07. The van der Waals surface area contributed by atoms with E-state index < -0.39 is 25.3 Å². The number of halogens is 2. The zero-order valence-electron chi connectivity index (χ0n) is 8.44. The number of carbonyl (C=O) groups is 1. The summed E-state index contributed by atoms with van der Waals surface area (Å²) in [5.74, 6) is -0.617. The van der Waals surface area contributed by atoms with Crippen molar-refractivity contribution in [3.8, 4) is 6.07 Å². The summed E-state index contributed by atoms with van der Waals surface area (Å²) < 4.78 is 24.6. The molecule has 0 aliphatic carbocycles. The van der Waals surface area contributed by atoms with Gasteiger partial charge < -0.3 is 4.90 Å². The van der Waals surface area contributed by atoms with E-state index in [1.54, 1.807) is 36.4 Å². The smallest absolute Gasteiger partial charge is 0.256 e. The van der Waals surface area contributed by atoms with Crippen molar-refractivity contribution in [3.05, 3.63) is 30.3 Å². The molecule has 0 unspecified atom stereocenters. The molecule has 0 N–H and O–H groups in total. The van der Waals surface area contributed by atoms with Crippen LogP contribution < -0.4 is 4.90 Å². The number of anilines is 1. The van der Waals surface area contributed by atoms with Crippen molar-refractivity contribution in [2.75, 3.05) is 11.4 Å². The lowest BCUT2D eigenvalue weighted by molar-refractivity contribution is -0.118. The SMILES string of the molecule is N#CCC(=O)N(CC(F)F)c1ccccc1. The number of alkyl halides is 2. The summed E-state index contributed by atoms with van der Waals surface area (Å²) in [7, 11) is 0. The Bertz CT molecular complexity index is 387. The summed E-state index contributed by atoms with van der Waals surface area (Å²) >= 11 is 0. The molecule has 0 saturated heterocycles. The van der Waals surface area contributed by atoms with Crippen LogP contribution in [0.15, 0.2) is 30.3 Å². The monoisotopic (exact) mass is 224 g/mol. The maximum Gasteiger partial charge on any atom is 0.256 e. The minimum absolute atomic E-state index is 0.378. The summed E-state index contributed by atoms with van der Waals surface area (Å²) in [5.41, 5.74) is 0.378. The van der Waals surface area contributed by atoms with Crippen molar-refractivity contribution < 1.29 is 13.6 Å². The van der Waals surface area contributed by atoms with Crippen molar-refractivity contribution in [3.63, 3.8) is 0 Å². The van der Waals surface area contributed by atoms with Gasteiger partial charge in [-0.25, -0.2) is 8.78 Å². The van der Waals surface area contributed by atoms with Crippen LogP contribution in [-0.2, 0) is 4.79 Å². The quantitative estimate of drug-likeness (QED) is 0.786. The molecule has 0 aliphatic rings. The van der Waals surface area contributed by atoms with Gasteiger partial charge in [-0.05, 0) is 12.1 Å². The van der Waals surface area contributed by atoms with Gasteiger partial charge in [0.1, 0.15) is 6.42 Å². The molecule has 0 bridgehead atoms. The molecule has 0 aromatic heterocycles. The Morgan fingerprint density at radius 3 is 2.50 bits per heavy atom. The van der Waals surface area contributed by atoms with Gasteiger partial charge in [0.25, 0.3) is 6.43 Å². The summed E-state index contributed by atoms with van der Waals surface area (Å²) in [6.07, 6.45) is -3.02. The van der Waals surface area contributed by atoms with Crippen LogP contribution in [0.3, 0.4) is 0 Å². The molecule has 84 valence electrons. The Hall–Kier alpha value is -1.96. The standard InChI is InChI=1S/C11H10F2N2O/c12-10(13)8-15(11(16)6-7-14)9-4-2-1-3-5-9/h1-5,10H,6,8H2. The van der Waals surface area contributed by atoms with E-state index in [0.29, 0.717) is 5.69 Å². The average Bonchev–Trinajstić information content (AvgIpc) is 2.27. The highest BCUT2D eigenvalue weighted by atomic mass is 19.3. The van der Waals surface area contributed by atoms with E-state index >= 15 is 0 Å². The largest absolute Gasteiger partial charge is 0.306 e. The first-order valence-corrected chi connectivity index (χ1v) is 4.65. The molecule has 5 heteroatoms. The van der Waals surface area contributed by atoms with Gasteiger partial charge in [-0.1, -0.05) is 18.2 Å². The molecule has 0 atom stereocenters. The second-order valence-electron chi connectivity index (χ2n) is 3.07. The summed E-state index contributed by atoms with van der Waals surface area (Å²) in [6, 6.07) is 9.77. The van der Waals surface area contributed by atoms with Crippen LogP contribution in [0.25, 0.3) is 0 Å². The molecule has 1 rings (SSSR count). The lowest BCUT2D eigenvalue weighted by atomic mass is 10.2. The minimum atomic E-state index is -2.62. The van der Waals surface area contributed by atoms with Crippen LogP contribution in [0, 0.1) is 11.3 Å². The van der Waals surface area contributed by atoms with Gasteiger partial charge in [0, 0.05) is 5.69 Å². The third kappa shape index (κ3) is 3.31. The summed E-state index contributed by atoms with van der Waals surface area (Å²) in [4.78, 5) is 12.4. The molecule has 16 heavy (non-hydrogen) atoms. The first kappa shape index (κ1) is 12.1. The van der Waals surface area contributed by atoms with E-state index in [9.17, 15) is 13.6 Å². The van der Waals surface area contributed by atoms with Crippen LogP contribution in [0.5, 0.6) is 0 Å². The van der Waals surface area contributed by atoms with Crippen LogP contribution in [0.2, 0.25) is 0 Å². The predicted octanol–water partition coefficient (Wildman–Crippen LogP) is 2.20. The number of amides is 1. The zero-order chi connectivity index (χ0) is 12.0. The van der Waals surface area contributed by atoms with Gasteiger partial charge in [-0.2, -0.15) is 5.26 Å². The molecular formula is C11H10F2N2O. The van der Waals surface area contributed by atoms with E-state index in [2.05, 4.69) is 0 Å². The fourth-order valence-electron chi connectivity index (χ4n) is 1.26. The highest BCUT2D eigenvalue weighted by Gasteiger charge is 2.19. The van der Waals surface area contributed by atoms with Crippen molar-refractivity contribution in [1.82, 2.24) is 0 Å². The molecule has 0 radical (unpaired) electrons. The van der Waals surface area contributed by atoms with E-state index in [1.807, 2.05) is 0 Å². The van der Waals surface area contributed by atoms with E-state index in [1.165, 1.54) is 0 Å². The van der Waals surface area contributed by atoms with Crippen molar-refractivity contribution in [1.29, 1.82) is 5.26 Å². The second kappa shape index (κ2) is 5.81. The fourth-order valence-corrected chi connectivity index (χ4v) is 1.26. The number of para-hydroxylation sites is 1. The zero-order valence-corrected chi connectivity index (χ0v) is 8.44. The molecule has 1 aromatic carbocycles. The molecule has 0 fully saturated rings. The first-order valence-electron chi connectivity index (χ1n) is 4.65. The molecular weight excluding hydrogens is 214 g/mol. The minimum Gasteiger partial charge on any atom is -0.306 e. The van der Waals surface area contributed by atoms with Gasteiger partial charge in [0.05, 0.1) is 12.6 Å². The third-order valence-corrected chi connectivity index (χ3v) is 1.92. The summed E-state index contributed by atoms with van der Waals surface area (Å²) in [5, 5.41) is 8.38. The first-order chi connectivity index (χ1) is 7.65. The Morgan fingerprint density at radius 2 is 2.00 bits per heavy atom. The topological polar surface area (TPSA) is 44.1 Å². The Morgan fingerprint density at radius 1 is 1.38 bits per heavy atom. The molecule has 0 aliphatic heterocycles. The third-order valence-electron chi connectivity index (χ3n) is 1.92. The molecule has 1 amide bonds. The number of nitriles is 1. The average molecular weight is 224 g/mol. The fraction of sp³-hybridized carbons (Fsp3) is 0.273. The lowest BCUT2D eigenvalue weighted by Crippen LogP contribution is -2.34. The molecule has 3 nitrogen and oxygen atoms in total. The normalized spacial score (nSPS) is 9.88. The van der Waals surface area contributed by atoms with E-state index in [4.69, 9.17) is 5.26 Å². The van der Waals surface area contributed by atoms with Gasteiger partial charge >= 0.3 is 0 Å². The Kier molecular flexibility index (Phi) is 4.40. The highest BCUT2D eigenvalue weighted by molar-refractivity contribution is 5.94. The predicted molar refractivity (Wildman–Crippen MR) is 55.0 cm³/mol. The maximum atomic E-state index is 12.3. The van der Waals surface area contributed by atoms with Gasteiger partial charge in [0.15, 0.2) is 0 Å². The van der Waals surface area contributed by atoms with Gasteiger partial charge in [-0.15, -0.1) is 0 Å². The highest BCUT2D eigenvalue weighted by Crippen LogP contribution is 2.15. The van der Waals surface area contributed by atoms with Crippen molar-refractivity contribution >= 4 is 11.6 Å². The van der Waals surface area contributed by atoms with E-state index in [0.717, 1.165) is 4.90 Å². The number of hydrogen-bond acceptors (Lipinski definition) is 2. The van der Waals surface area contributed by atoms with Crippen LogP contribution in [-0.4, -0.2) is 18.9 Å². The Labute approximate surface area is 91.9 Å². The van der Waals surface area contributed by atoms with Crippen LogP contribution in [0.4, 0.5) is 14.5 Å². The molecule has 0 spiro atoms. The number of carbonyl (C=O) groups excluding carboxylic acids is 1. The number of nitrogens with zero attached hydrogens (tertiary/aromatic N) is 2. The number of benzene rings is 1. The van der Waals surface area contributed by atoms with Gasteiger partial charge in [-0.3, -0.25) is 4.79 Å². The van der Waals surface area contributed by atoms with Crippen LogP contribution in [0.1, 0.15) is 6.42 Å². The Balaban J connectivity index is 2.88. The van der Waals surface area contributed by atoms with Crippen LogP contribution >= 0.6 is 0 Å². The van der Waals surface area contributed by atoms with Crippen molar-refractivity contribution in [2.24, 2.45) is 0 Å². The molecule has 0 heterocycles.